The fraction of sp³-hybridized carbons (Fsp3) is 0.286. The van der Waals surface area contributed by atoms with Crippen LogP contribution in [0.2, 0.25) is 0 Å². The van der Waals surface area contributed by atoms with E-state index in [-0.39, 0.29) is 24.1 Å². The fourth-order valence-corrected chi connectivity index (χ4v) is 4.09. The highest BCUT2D eigenvalue weighted by Gasteiger charge is 2.32. The summed E-state index contributed by atoms with van der Waals surface area (Å²) in [5, 5.41) is 5.67. The SMILES string of the molecule is CCN(CC)C1=NC(=O)[C@H](CC(=O)Nc2cccc(C(=O)Nc3ccncc3)c2)S1. The summed E-state index contributed by atoms with van der Waals surface area (Å²) in [6.07, 6.45) is 3.19. The monoisotopic (exact) mass is 425 g/mol. The molecule has 1 aromatic heterocycles. The summed E-state index contributed by atoms with van der Waals surface area (Å²) in [4.78, 5) is 47.0. The van der Waals surface area contributed by atoms with Gasteiger partial charge in [-0.15, -0.1) is 0 Å². The van der Waals surface area contributed by atoms with Crippen LogP contribution in [0.15, 0.2) is 53.8 Å². The van der Waals surface area contributed by atoms with E-state index in [1.165, 1.54) is 11.8 Å². The van der Waals surface area contributed by atoms with Crippen molar-refractivity contribution in [2.75, 3.05) is 23.7 Å². The zero-order valence-electron chi connectivity index (χ0n) is 16.8. The summed E-state index contributed by atoms with van der Waals surface area (Å²) in [6.45, 7) is 5.50. The number of hydrogen-bond acceptors (Lipinski definition) is 6. The van der Waals surface area contributed by atoms with Crippen molar-refractivity contribution in [3.8, 4) is 0 Å². The number of anilines is 2. The molecule has 2 aromatic rings. The van der Waals surface area contributed by atoms with Crippen LogP contribution in [-0.2, 0) is 9.59 Å². The number of carbonyl (C=O) groups is 3. The van der Waals surface area contributed by atoms with E-state index < -0.39 is 5.25 Å². The van der Waals surface area contributed by atoms with Crippen LogP contribution in [-0.4, -0.2) is 51.1 Å². The average molecular weight is 426 g/mol. The van der Waals surface area contributed by atoms with Crippen molar-refractivity contribution < 1.29 is 14.4 Å². The maximum atomic E-state index is 12.5. The molecule has 0 fully saturated rings. The van der Waals surface area contributed by atoms with Gasteiger partial charge in [0.1, 0.15) is 5.25 Å². The molecule has 0 bridgehead atoms. The van der Waals surface area contributed by atoms with Crippen molar-refractivity contribution in [3.05, 3.63) is 54.4 Å². The minimum Gasteiger partial charge on any atom is -0.352 e. The van der Waals surface area contributed by atoms with Crippen LogP contribution < -0.4 is 10.6 Å². The van der Waals surface area contributed by atoms with Crippen LogP contribution in [0, 0.1) is 0 Å². The number of nitrogens with one attached hydrogen (secondary N) is 2. The molecule has 0 saturated heterocycles. The quantitative estimate of drug-likeness (QED) is 0.707. The molecule has 2 heterocycles. The van der Waals surface area contributed by atoms with E-state index in [4.69, 9.17) is 0 Å². The molecule has 1 aliphatic rings. The highest BCUT2D eigenvalue weighted by Crippen LogP contribution is 2.27. The molecular formula is C21H23N5O3S. The standard InChI is InChI=1S/C21H23N5O3S/c1-3-26(4-2)21-25-20(29)17(30-21)13-18(27)23-16-7-5-6-14(12-16)19(28)24-15-8-10-22-11-9-15/h5-12,17H,3-4,13H2,1-2H3,(H,23,27)(H,22,24,28)/t17-/m0/s1. The number of thioether (sulfide) groups is 1. The normalized spacial score (nSPS) is 15.5. The van der Waals surface area contributed by atoms with E-state index in [9.17, 15) is 14.4 Å². The molecule has 0 radical (unpaired) electrons. The number of nitrogens with zero attached hydrogens (tertiary/aromatic N) is 3. The first-order valence-electron chi connectivity index (χ1n) is 9.65. The van der Waals surface area contributed by atoms with Crippen molar-refractivity contribution >= 4 is 46.0 Å². The Morgan fingerprint density at radius 2 is 1.80 bits per heavy atom. The second-order valence-corrected chi connectivity index (χ2v) is 7.70. The van der Waals surface area contributed by atoms with Crippen LogP contribution in [0.4, 0.5) is 11.4 Å². The largest absolute Gasteiger partial charge is 0.352 e. The van der Waals surface area contributed by atoms with E-state index in [0.717, 1.165) is 13.1 Å². The third-order valence-corrected chi connectivity index (χ3v) is 5.69. The van der Waals surface area contributed by atoms with Gasteiger partial charge in [-0.25, -0.2) is 0 Å². The van der Waals surface area contributed by atoms with Crippen LogP contribution >= 0.6 is 11.8 Å². The molecule has 3 amide bonds. The lowest BCUT2D eigenvalue weighted by Crippen LogP contribution is -2.27. The van der Waals surface area contributed by atoms with Crippen molar-refractivity contribution in [3.63, 3.8) is 0 Å². The number of hydrogen-bond donors (Lipinski definition) is 2. The van der Waals surface area contributed by atoms with Gasteiger partial charge in [-0.3, -0.25) is 19.4 Å². The molecule has 0 unspecified atom stereocenters. The van der Waals surface area contributed by atoms with Gasteiger partial charge in [0.15, 0.2) is 5.17 Å². The van der Waals surface area contributed by atoms with E-state index in [1.54, 1.807) is 48.8 Å². The lowest BCUT2D eigenvalue weighted by Gasteiger charge is -2.19. The third kappa shape index (κ3) is 5.44. The zero-order chi connectivity index (χ0) is 21.5. The zero-order valence-corrected chi connectivity index (χ0v) is 17.6. The number of aliphatic imine (C=N–C) groups is 1. The van der Waals surface area contributed by atoms with Gasteiger partial charge in [0.05, 0.1) is 0 Å². The molecule has 0 aliphatic carbocycles. The second kappa shape index (κ2) is 10.0. The van der Waals surface area contributed by atoms with Gasteiger partial charge < -0.3 is 15.5 Å². The Labute approximate surface area is 179 Å². The van der Waals surface area contributed by atoms with E-state index >= 15 is 0 Å². The Hall–Kier alpha value is -3.20. The topological polar surface area (TPSA) is 104 Å². The van der Waals surface area contributed by atoms with E-state index in [0.29, 0.717) is 22.1 Å². The summed E-state index contributed by atoms with van der Waals surface area (Å²) in [7, 11) is 0. The van der Waals surface area contributed by atoms with Crippen molar-refractivity contribution in [1.82, 2.24) is 9.88 Å². The molecule has 156 valence electrons. The van der Waals surface area contributed by atoms with Gasteiger partial charge in [0.25, 0.3) is 11.8 Å². The van der Waals surface area contributed by atoms with Gasteiger partial charge in [0, 0.05) is 48.8 Å². The summed E-state index contributed by atoms with van der Waals surface area (Å²) in [5.74, 6) is -0.887. The van der Waals surface area contributed by atoms with Crippen LogP contribution in [0.25, 0.3) is 0 Å². The average Bonchev–Trinajstić information content (AvgIpc) is 3.09. The number of amides is 3. The van der Waals surface area contributed by atoms with Gasteiger partial charge in [-0.05, 0) is 44.2 Å². The van der Waals surface area contributed by atoms with E-state index in [1.807, 2.05) is 18.7 Å². The van der Waals surface area contributed by atoms with Crippen LogP contribution in [0.1, 0.15) is 30.6 Å². The van der Waals surface area contributed by atoms with Gasteiger partial charge in [-0.2, -0.15) is 4.99 Å². The van der Waals surface area contributed by atoms with Crippen LogP contribution in [0.5, 0.6) is 0 Å². The Balaban J connectivity index is 1.58. The number of aromatic nitrogens is 1. The Morgan fingerprint density at radius 3 is 2.50 bits per heavy atom. The van der Waals surface area contributed by atoms with Crippen molar-refractivity contribution in [2.45, 2.75) is 25.5 Å². The predicted octanol–water partition coefficient (Wildman–Crippen LogP) is 3.00. The minimum atomic E-state index is -0.529. The Bertz CT molecular complexity index is 960. The maximum Gasteiger partial charge on any atom is 0.262 e. The molecule has 0 saturated carbocycles. The Kier molecular flexibility index (Phi) is 7.18. The number of carbonyl (C=O) groups excluding carboxylic acids is 3. The van der Waals surface area contributed by atoms with Gasteiger partial charge >= 0.3 is 0 Å². The summed E-state index contributed by atoms with van der Waals surface area (Å²) < 4.78 is 0. The first-order valence-corrected chi connectivity index (χ1v) is 10.5. The molecule has 1 aromatic carbocycles. The number of pyridine rings is 1. The third-order valence-electron chi connectivity index (χ3n) is 4.48. The molecule has 8 nitrogen and oxygen atoms in total. The summed E-state index contributed by atoms with van der Waals surface area (Å²) in [5.41, 5.74) is 1.52. The molecule has 3 rings (SSSR count). The minimum absolute atomic E-state index is 0.0191. The van der Waals surface area contributed by atoms with Gasteiger partial charge in [-0.1, -0.05) is 17.8 Å². The highest BCUT2D eigenvalue weighted by atomic mass is 32.2. The highest BCUT2D eigenvalue weighted by molar-refractivity contribution is 8.15. The molecule has 0 spiro atoms. The molecule has 30 heavy (non-hydrogen) atoms. The lowest BCUT2D eigenvalue weighted by molar-refractivity contribution is -0.121. The summed E-state index contributed by atoms with van der Waals surface area (Å²) in [6, 6.07) is 10.0. The predicted molar refractivity (Wildman–Crippen MR) is 119 cm³/mol. The smallest absolute Gasteiger partial charge is 0.262 e. The molecule has 9 heteroatoms. The fourth-order valence-electron chi connectivity index (χ4n) is 2.90. The molecule has 1 aliphatic heterocycles. The van der Waals surface area contributed by atoms with Gasteiger partial charge in [0.2, 0.25) is 5.91 Å². The number of amidine groups is 1. The first-order chi connectivity index (χ1) is 14.5. The van der Waals surface area contributed by atoms with E-state index in [2.05, 4.69) is 20.6 Å². The first kappa shape index (κ1) is 21.5. The molecule has 2 N–H and O–H groups in total. The number of rotatable bonds is 7. The van der Waals surface area contributed by atoms with Crippen molar-refractivity contribution in [2.24, 2.45) is 4.99 Å². The summed E-state index contributed by atoms with van der Waals surface area (Å²) >= 11 is 1.32. The second-order valence-electron chi connectivity index (χ2n) is 6.53. The molecular weight excluding hydrogens is 402 g/mol. The number of benzene rings is 1. The maximum absolute atomic E-state index is 12.5. The van der Waals surface area contributed by atoms with Crippen LogP contribution in [0.3, 0.4) is 0 Å². The van der Waals surface area contributed by atoms with Crippen molar-refractivity contribution in [1.29, 1.82) is 0 Å². The molecule has 1 atom stereocenters. The Morgan fingerprint density at radius 1 is 1.07 bits per heavy atom. The lowest BCUT2D eigenvalue weighted by atomic mass is 10.1.